The number of hydrogen-bond acceptors (Lipinski definition) is 5. The number of aryl methyl sites for hydroxylation is 1. The fraction of sp³-hybridized carbons (Fsp3) is 0.552. The van der Waals surface area contributed by atoms with Crippen molar-refractivity contribution in [2.24, 2.45) is 0 Å². The van der Waals surface area contributed by atoms with Crippen molar-refractivity contribution >= 4 is 19.4 Å². The van der Waals surface area contributed by atoms with Gasteiger partial charge in [0.05, 0.1) is 13.2 Å². The molecule has 0 atom stereocenters. The first-order valence-electron chi connectivity index (χ1n) is 13.8. The molecule has 0 aliphatic carbocycles. The summed E-state index contributed by atoms with van der Waals surface area (Å²) in [6.45, 7) is 3.09. The van der Waals surface area contributed by atoms with Crippen LogP contribution >= 0.6 is 7.82 Å². The van der Waals surface area contributed by atoms with Gasteiger partial charge in [-0.1, -0.05) is 76.1 Å². The van der Waals surface area contributed by atoms with Gasteiger partial charge in [0.2, 0.25) is 5.91 Å². The molecule has 0 aromatic heterocycles. The summed E-state index contributed by atoms with van der Waals surface area (Å²) in [4.78, 5) is 32.7. The molecule has 0 aliphatic heterocycles. The van der Waals surface area contributed by atoms with Gasteiger partial charge in [-0.05, 0) is 48.2 Å². The van der Waals surface area contributed by atoms with Gasteiger partial charge in [0, 0.05) is 32.2 Å². The first-order chi connectivity index (χ1) is 18.3. The minimum atomic E-state index is -4.60. The predicted molar refractivity (Wildman–Crippen MR) is 152 cm³/mol. The number of carbonyl (C=O) groups excluding carboxylic acids is 1. The normalized spacial score (nSPS) is 11.4. The Kier molecular flexibility index (Phi) is 15.1. The van der Waals surface area contributed by atoms with Crippen molar-refractivity contribution in [2.45, 2.75) is 77.7 Å². The second-order valence-electron chi connectivity index (χ2n) is 9.56. The van der Waals surface area contributed by atoms with Crippen LogP contribution in [0.15, 0.2) is 48.5 Å². The zero-order chi connectivity index (χ0) is 27.6. The molecule has 1 amide bonds. The van der Waals surface area contributed by atoms with Crippen LogP contribution in [-0.2, 0) is 26.8 Å². The van der Waals surface area contributed by atoms with E-state index in [9.17, 15) is 9.36 Å². The number of ether oxygens (including phenoxy) is 1. The highest BCUT2D eigenvalue weighted by molar-refractivity contribution is 7.46. The minimum absolute atomic E-state index is 0.0828. The molecule has 0 bridgehead atoms. The van der Waals surface area contributed by atoms with Crippen LogP contribution in [0.5, 0.6) is 5.75 Å². The van der Waals surface area contributed by atoms with E-state index in [1.165, 1.54) is 44.9 Å². The average Bonchev–Trinajstić information content (AvgIpc) is 2.90. The molecular weight excluding hydrogens is 503 g/mol. The third-order valence-corrected chi connectivity index (χ3v) is 6.90. The lowest BCUT2D eigenvalue weighted by Crippen LogP contribution is -2.33. The summed E-state index contributed by atoms with van der Waals surface area (Å²) in [6.07, 6.45) is 10.9. The van der Waals surface area contributed by atoms with Gasteiger partial charge >= 0.3 is 7.82 Å². The van der Waals surface area contributed by atoms with Crippen molar-refractivity contribution in [3.05, 3.63) is 59.7 Å². The first kappa shape index (κ1) is 31.8. The SMILES string of the molecule is CCCCCCCCCCOc1cccc(CCC(=O)N(CCOP(=O)(O)O)Cc2ccc(NC)cc2)c1. The molecule has 0 aliphatic rings. The number of anilines is 1. The summed E-state index contributed by atoms with van der Waals surface area (Å²) >= 11 is 0. The Labute approximate surface area is 228 Å². The number of nitrogens with one attached hydrogen (secondary N) is 1. The Bertz CT molecular complexity index is 979. The number of phosphoric ester groups is 1. The van der Waals surface area contributed by atoms with Crippen molar-refractivity contribution in [2.75, 3.05) is 32.1 Å². The van der Waals surface area contributed by atoms with E-state index in [1.807, 2.05) is 55.6 Å². The molecule has 212 valence electrons. The molecule has 0 fully saturated rings. The number of hydrogen-bond donors (Lipinski definition) is 3. The van der Waals surface area contributed by atoms with E-state index in [2.05, 4.69) is 16.8 Å². The minimum Gasteiger partial charge on any atom is -0.494 e. The second-order valence-corrected chi connectivity index (χ2v) is 10.8. The quantitative estimate of drug-likeness (QED) is 0.131. The van der Waals surface area contributed by atoms with Gasteiger partial charge in [-0.25, -0.2) is 4.57 Å². The number of unbranched alkanes of at least 4 members (excludes halogenated alkanes) is 7. The van der Waals surface area contributed by atoms with Crippen LogP contribution in [-0.4, -0.2) is 47.4 Å². The van der Waals surface area contributed by atoms with Crippen molar-refractivity contribution in [1.29, 1.82) is 0 Å². The summed E-state index contributed by atoms with van der Waals surface area (Å²) < 4.78 is 21.6. The van der Waals surface area contributed by atoms with Gasteiger partial charge in [-0.15, -0.1) is 0 Å². The zero-order valence-corrected chi connectivity index (χ0v) is 23.8. The van der Waals surface area contributed by atoms with E-state index < -0.39 is 7.82 Å². The van der Waals surface area contributed by atoms with Gasteiger partial charge in [0.15, 0.2) is 0 Å². The van der Waals surface area contributed by atoms with Crippen LogP contribution in [0.25, 0.3) is 0 Å². The molecule has 38 heavy (non-hydrogen) atoms. The van der Waals surface area contributed by atoms with Crippen molar-refractivity contribution in [3.63, 3.8) is 0 Å². The van der Waals surface area contributed by atoms with Crippen LogP contribution in [0.2, 0.25) is 0 Å². The number of rotatable bonds is 20. The smallest absolute Gasteiger partial charge is 0.469 e. The van der Waals surface area contributed by atoms with E-state index in [0.717, 1.165) is 29.0 Å². The van der Waals surface area contributed by atoms with Crippen LogP contribution in [0.4, 0.5) is 5.69 Å². The Balaban J connectivity index is 1.83. The predicted octanol–water partition coefficient (Wildman–Crippen LogP) is 6.32. The molecule has 2 rings (SSSR count). The standard InChI is InChI=1S/C29H45N2O6P/c1-3-4-5-6-7-8-9-10-21-36-28-13-11-12-25(23-28)16-19-29(32)31(20-22-37-38(33,34)35)24-26-14-17-27(30-2)18-15-26/h11-15,17-18,23,30H,3-10,16,19-22,24H2,1-2H3,(H2,33,34,35). The molecule has 9 heteroatoms. The molecule has 0 saturated carbocycles. The summed E-state index contributed by atoms with van der Waals surface area (Å²) in [6, 6.07) is 15.5. The summed E-state index contributed by atoms with van der Waals surface area (Å²) in [5, 5.41) is 3.06. The van der Waals surface area contributed by atoms with Gasteiger partial charge in [-0.2, -0.15) is 0 Å². The lowest BCUT2D eigenvalue weighted by molar-refractivity contribution is -0.132. The van der Waals surface area contributed by atoms with E-state index in [4.69, 9.17) is 14.5 Å². The van der Waals surface area contributed by atoms with Crippen LogP contribution < -0.4 is 10.1 Å². The van der Waals surface area contributed by atoms with Crippen molar-refractivity contribution in [1.82, 2.24) is 4.90 Å². The molecule has 0 heterocycles. The zero-order valence-electron chi connectivity index (χ0n) is 22.9. The van der Waals surface area contributed by atoms with Gasteiger partial charge < -0.3 is 24.7 Å². The summed E-state index contributed by atoms with van der Waals surface area (Å²) in [5.74, 6) is 0.705. The summed E-state index contributed by atoms with van der Waals surface area (Å²) in [5.41, 5.74) is 2.89. The number of amides is 1. The third kappa shape index (κ3) is 14.0. The van der Waals surface area contributed by atoms with Gasteiger partial charge in [0.1, 0.15) is 5.75 Å². The van der Waals surface area contributed by atoms with Crippen LogP contribution in [0, 0.1) is 0 Å². The van der Waals surface area contributed by atoms with E-state index in [1.54, 1.807) is 4.90 Å². The fourth-order valence-electron chi connectivity index (χ4n) is 4.19. The van der Waals surface area contributed by atoms with Crippen LogP contribution in [0.1, 0.15) is 75.8 Å². The van der Waals surface area contributed by atoms with E-state index in [-0.39, 0.29) is 25.5 Å². The summed E-state index contributed by atoms with van der Waals surface area (Å²) in [7, 11) is -2.76. The monoisotopic (exact) mass is 548 g/mol. The maximum atomic E-state index is 13.1. The largest absolute Gasteiger partial charge is 0.494 e. The van der Waals surface area contributed by atoms with Crippen LogP contribution in [0.3, 0.4) is 0 Å². The third-order valence-electron chi connectivity index (χ3n) is 6.38. The van der Waals surface area contributed by atoms with E-state index in [0.29, 0.717) is 19.6 Å². The molecule has 0 unspecified atom stereocenters. The molecule has 0 radical (unpaired) electrons. The maximum absolute atomic E-state index is 13.1. The molecule has 2 aromatic carbocycles. The molecule has 2 aromatic rings. The Hall–Kier alpha value is -2.38. The fourth-order valence-corrected chi connectivity index (χ4v) is 4.50. The van der Waals surface area contributed by atoms with Gasteiger partial charge in [0.25, 0.3) is 0 Å². The molecule has 0 spiro atoms. The molecule has 3 N–H and O–H groups in total. The second kappa shape index (κ2) is 18.0. The Morgan fingerprint density at radius 1 is 0.921 bits per heavy atom. The molecule has 0 saturated heterocycles. The number of benzene rings is 2. The number of nitrogens with zero attached hydrogens (tertiary/aromatic N) is 1. The maximum Gasteiger partial charge on any atom is 0.469 e. The number of carbonyl (C=O) groups is 1. The van der Waals surface area contributed by atoms with E-state index >= 15 is 0 Å². The topological polar surface area (TPSA) is 108 Å². The molecule has 8 nitrogen and oxygen atoms in total. The molecular formula is C29H45N2O6P. The highest BCUT2D eigenvalue weighted by Crippen LogP contribution is 2.35. The van der Waals surface area contributed by atoms with Crippen molar-refractivity contribution < 1.29 is 28.4 Å². The average molecular weight is 549 g/mol. The first-order valence-corrected chi connectivity index (χ1v) is 15.3. The van der Waals surface area contributed by atoms with Gasteiger partial charge in [-0.3, -0.25) is 9.32 Å². The highest BCUT2D eigenvalue weighted by Gasteiger charge is 2.18. The highest BCUT2D eigenvalue weighted by atomic mass is 31.2. The lowest BCUT2D eigenvalue weighted by atomic mass is 10.1. The Morgan fingerprint density at radius 2 is 1.61 bits per heavy atom. The van der Waals surface area contributed by atoms with Crippen molar-refractivity contribution in [3.8, 4) is 5.75 Å². The lowest BCUT2D eigenvalue weighted by Gasteiger charge is -2.23. The Morgan fingerprint density at radius 3 is 2.26 bits per heavy atom. The number of phosphoric acid groups is 1.